The summed E-state index contributed by atoms with van der Waals surface area (Å²) in [5.74, 6) is 1.28. The highest BCUT2D eigenvalue weighted by Crippen LogP contribution is 2.18. The van der Waals surface area contributed by atoms with E-state index in [1.807, 2.05) is 19.1 Å². The van der Waals surface area contributed by atoms with Crippen molar-refractivity contribution < 1.29 is 9.47 Å². The monoisotopic (exact) mass is 236 g/mol. The molecule has 17 heavy (non-hydrogen) atoms. The van der Waals surface area contributed by atoms with Gasteiger partial charge in [-0.15, -0.1) is 0 Å². The van der Waals surface area contributed by atoms with Crippen molar-refractivity contribution in [2.24, 2.45) is 11.7 Å². The molecule has 1 aliphatic heterocycles. The molecule has 1 aromatic heterocycles. The minimum absolute atomic E-state index is 0.525. The molecule has 1 saturated heterocycles. The maximum atomic E-state index is 5.75. The molecule has 0 aliphatic carbocycles. The Morgan fingerprint density at radius 3 is 2.88 bits per heavy atom. The van der Waals surface area contributed by atoms with Gasteiger partial charge in [-0.3, -0.25) is 0 Å². The third kappa shape index (κ3) is 3.68. The van der Waals surface area contributed by atoms with E-state index in [-0.39, 0.29) is 0 Å². The van der Waals surface area contributed by atoms with Gasteiger partial charge in [0, 0.05) is 31.5 Å². The van der Waals surface area contributed by atoms with Gasteiger partial charge < -0.3 is 15.2 Å². The molecule has 4 heteroatoms. The van der Waals surface area contributed by atoms with E-state index in [9.17, 15) is 0 Å². The highest BCUT2D eigenvalue weighted by Gasteiger charge is 2.14. The van der Waals surface area contributed by atoms with Gasteiger partial charge in [0.1, 0.15) is 0 Å². The van der Waals surface area contributed by atoms with Crippen molar-refractivity contribution >= 4 is 0 Å². The van der Waals surface area contributed by atoms with Crippen LogP contribution in [0.15, 0.2) is 12.1 Å². The third-order valence-electron chi connectivity index (χ3n) is 3.03. The summed E-state index contributed by atoms with van der Waals surface area (Å²) in [5.41, 5.74) is 7.65. The van der Waals surface area contributed by atoms with E-state index in [1.54, 1.807) is 0 Å². The minimum Gasteiger partial charge on any atom is -0.477 e. The summed E-state index contributed by atoms with van der Waals surface area (Å²) in [7, 11) is 0. The molecule has 0 aromatic carbocycles. The van der Waals surface area contributed by atoms with Crippen LogP contribution in [0.5, 0.6) is 5.88 Å². The smallest absolute Gasteiger partial charge is 0.213 e. The number of hydrogen-bond donors (Lipinski definition) is 1. The first-order chi connectivity index (χ1) is 8.28. The van der Waals surface area contributed by atoms with Gasteiger partial charge >= 0.3 is 0 Å². The summed E-state index contributed by atoms with van der Waals surface area (Å²) in [6.45, 7) is 4.91. The predicted molar refractivity (Wildman–Crippen MR) is 65.9 cm³/mol. The van der Waals surface area contributed by atoms with E-state index < -0.39 is 0 Å². The van der Waals surface area contributed by atoms with Crippen LogP contribution in [0.25, 0.3) is 0 Å². The summed E-state index contributed by atoms with van der Waals surface area (Å²) in [4.78, 5) is 4.36. The van der Waals surface area contributed by atoms with Crippen LogP contribution in [0.1, 0.15) is 24.1 Å². The Balaban J connectivity index is 1.91. The fourth-order valence-corrected chi connectivity index (χ4v) is 2.02. The first-order valence-corrected chi connectivity index (χ1v) is 6.16. The summed E-state index contributed by atoms with van der Waals surface area (Å²) in [6.07, 6.45) is 2.16. The molecule has 0 spiro atoms. The van der Waals surface area contributed by atoms with Gasteiger partial charge in [0.15, 0.2) is 0 Å². The highest BCUT2D eigenvalue weighted by atomic mass is 16.5. The zero-order valence-corrected chi connectivity index (χ0v) is 10.3. The van der Waals surface area contributed by atoms with Gasteiger partial charge in [0.05, 0.1) is 6.61 Å². The van der Waals surface area contributed by atoms with Crippen molar-refractivity contribution in [3.8, 4) is 5.88 Å². The Kier molecular flexibility index (Phi) is 4.34. The lowest BCUT2D eigenvalue weighted by Gasteiger charge is -2.21. The number of hydrogen-bond acceptors (Lipinski definition) is 4. The van der Waals surface area contributed by atoms with Crippen LogP contribution in [0.2, 0.25) is 0 Å². The van der Waals surface area contributed by atoms with E-state index in [2.05, 4.69) is 4.98 Å². The molecule has 2 N–H and O–H groups in total. The van der Waals surface area contributed by atoms with Gasteiger partial charge in [-0.25, -0.2) is 4.98 Å². The number of nitrogens with zero attached hydrogens (tertiary/aromatic N) is 1. The lowest BCUT2D eigenvalue weighted by Crippen LogP contribution is -2.21. The Morgan fingerprint density at radius 2 is 2.18 bits per heavy atom. The predicted octanol–water partition coefficient (Wildman–Crippen LogP) is 1.65. The molecule has 94 valence electrons. The maximum absolute atomic E-state index is 5.75. The number of nitrogens with two attached hydrogens (primary N) is 1. The number of rotatable bonds is 4. The van der Waals surface area contributed by atoms with E-state index in [1.165, 1.54) is 0 Å². The van der Waals surface area contributed by atoms with Crippen molar-refractivity contribution in [1.82, 2.24) is 4.98 Å². The van der Waals surface area contributed by atoms with E-state index in [0.717, 1.165) is 43.9 Å². The van der Waals surface area contributed by atoms with Crippen LogP contribution in [-0.2, 0) is 11.3 Å². The standard InChI is InChI=1S/C13H20N2O2/c1-10-6-12(8-14)7-13(15-10)17-9-11-2-4-16-5-3-11/h6-7,11H,2-5,8-9,14H2,1H3. The Bertz CT molecular complexity index is 362. The quantitative estimate of drug-likeness (QED) is 0.863. The molecule has 1 aromatic rings. The van der Waals surface area contributed by atoms with Crippen molar-refractivity contribution in [3.05, 3.63) is 23.4 Å². The van der Waals surface area contributed by atoms with Crippen LogP contribution in [0, 0.1) is 12.8 Å². The van der Waals surface area contributed by atoms with Gasteiger partial charge in [0.2, 0.25) is 5.88 Å². The molecule has 2 rings (SSSR count). The van der Waals surface area contributed by atoms with E-state index in [0.29, 0.717) is 18.3 Å². The van der Waals surface area contributed by atoms with E-state index >= 15 is 0 Å². The summed E-state index contributed by atoms with van der Waals surface area (Å²) in [5, 5.41) is 0. The topological polar surface area (TPSA) is 57.4 Å². The molecule has 0 unspecified atom stereocenters. The zero-order chi connectivity index (χ0) is 12.1. The highest BCUT2D eigenvalue weighted by molar-refractivity contribution is 5.24. The first kappa shape index (κ1) is 12.3. The minimum atomic E-state index is 0.525. The second-order valence-corrected chi connectivity index (χ2v) is 4.53. The van der Waals surface area contributed by atoms with Crippen LogP contribution in [0.3, 0.4) is 0 Å². The van der Waals surface area contributed by atoms with Crippen molar-refractivity contribution in [1.29, 1.82) is 0 Å². The molecular weight excluding hydrogens is 216 g/mol. The van der Waals surface area contributed by atoms with Crippen molar-refractivity contribution in [2.45, 2.75) is 26.3 Å². The Morgan fingerprint density at radius 1 is 1.41 bits per heavy atom. The number of aromatic nitrogens is 1. The van der Waals surface area contributed by atoms with Crippen LogP contribution >= 0.6 is 0 Å². The largest absolute Gasteiger partial charge is 0.477 e. The molecule has 4 nitrogen and oxygen atoms in total. The summed E-state index contributed by atoms with van der Waals surface area (Å²) < 4.78 is 11.1. The number of aryl methyl sites for hydroxylation is 1. The van der Waals surface area contributed by atoms with Gasteiger partial charge in [-0.1, -0.05) is 0 Å². The zero-order valence-electron chi connectivity index (χ0n) is 10.3. The third-order valence-corrected chi connectivity index (χ3v) is 3.03. The lowest BCUT2D eigenvalue weighted by molar-refractivity contribution is 0.0490. The summed E-state index contributed by atoms with van der Waals surface area (Å²) in [6, 6.07) is 3.91. The molecule has 2 heterocycles. The molecule has 0 bridgehead atoms. The normalized spacial score (nSPS) is 17.1. The van der Waals surface area contributed by atoms with Gasteiger partial charge in [0.25, 0.3) is 0 Å². The first-order valence-electron chi connectivity index (χ1n) is 6.16. The lowest BCUT2D eigenvalue weighted by atomic mass is 10.0. The average Bonchev–Trinajstić information content (AvgIpc) is 2.37. The van der Waals surface area contributed by atoms with Crippen molar-refractivity contribution in [2.75, 3.05) is 19.8 Å². The van der Waals surface area contributed by atoms with E-state index in [4.69, 9.17) is 15.2 Å². The molecule has 0 atom stereocenters. The van der Waals surface area contributed by atoms with Crippen LogP contribution in [-0.4, -0.2) is 24.8 Å². The molecular formula is C13H20N2O2. The molecule has 0 saturated carbocycles. The van der Waals surface area contributed by atoms with Crippen LogP contribution < -0.4 is 10.5 Å². The van der Waals surface area contributed by atoms with Gasteiger partial charge in [-0.05, 0) is 37.3 Å². The molecule has 1 aliphatic rings. The second kappa shape index (κ2) is 5.98. The number of ether oxygens (including phenoxy) is 2. The molecule has 1 fully saturated rings. The fraction of sp³-hybridized carbons (Fsp3) is 0.615. The van der Waals surface area contributed by atoms with Crippen molar-refractivity contribution in [3.63, 3.8) is 0 Å². The maximum Gasteiger partial charge on any atom is 0.213 e. The Hall–Kier alpha value is -1.13. The SMILES string of the molecule is Cc1cc(CN)cc(OCC2CCOCC2)n1. The van der Waals surface area contributed by atoms with Crippen LogP contribution in [0.4, 0.5) is 0 Å². The molecule has 0 radical (unpaired) electrons. The fourth-order valence-electron chi connectivity index (χ4n) is 2.02. The van der Waals surface area contributed by atoms with Gasteiger partial charge in [-0.2, -0.15) is 0 Å². The Labute approximate surface area is 102 Å². The number of pyridine rings is 1. The summed E-state index contributed by atoms with van der Waals surface area (Å²) >= 11 is 0. The molecule has 0 amide bonds. The average molecular weight is 236 g/mol. The second-order valence-electron chi connectivity index (χ2n) is 4.53.